The molecule has 1 aromatic heterocycles. The molecule has 1 aliphatic heterocycles. The molecule has 11 nitrogen and oxygen atoms in total. The minimum absolute atomic E-state index is 0.0112. The number of unbranched alkanes of at least 4 members (excludes halogenated alkanes) is 6. The number of nitrogens with one attached hydrogen (secondary N) is 1. The first-order chi connectivity index (χ1) is 20.5. The fraction of sp³-hybridized carbons (Fsp3) is 0.625. The van der Waals surface area contributed by atoms with Crippen LogP contribution >= 0.6 is 0 Å². The van der Waals surface area contributed by atoms with Crippen molar-refractivity contribution >= 4 is 29.8 Å². The molecule has 4 atom stereocenters. The third-order valence-electron chi connectivity index (χ3n) is 7.18. The lowest BCUT2D eigenvalue weighted by Crippen LogP contribution is -2.47. The molecule has 0 aliphatic carbocycles. The molecule has 1 amide bonds. The highest BCUT2D eigenvalue weighted by atomic mass is 16.6. The van der Waals surface area contributed by atoms with E-state index in [0.29, 0.717) is 12.0 Å². The number of rotatable bonds is 15. The normalized spacial score (nSPS) is 20.6. The summed E-state index contributed by atoms with van der Waals surface area (Å²) in [7, 11) is 0. The fourth-order valence-electron chi connectivity index (χ4n) is 4.57. The van der Waals surface area contributed by atoms with Crippen molar-refractivity contribution in [2.45, 2.75) is 111 Å². The van der Waals surface area contributed by atoms with Gasteiger partial charge in [0, 0.05) is 12.6 Å². The van der Waals surface area contributed by atoms with Gasteiger partial charge in [0.15, 0.2) is 23.6 Å². The second kappa shape index (κ2) is 18.0. The van der Waals surface area contributed by atoms with E-state index in [-0.39, 0.29) is 24.3 Å². The van der Waals surface area contributed by atoms with Gasteiger partial charge in [0.2, 0.25) is 0 Å². The van der Waals surface area contributed by atoms with Crippen molar-refractivity contribution in [1.29, 1.82) is 0 Å². The molecule has 0 aromatic carbocycles. The highest BCUT2D eigenvalue weighted by Crippen LogP contribution is 2.25. The second-order valence-corrected chi connectivity index (χ2v) is 11.1. The molecule has 1 fully saturated rings. The monoisotopic (exact) mass is 602 g/mol. The zero-order valence-corrected chi connectivity index (χ0v) is 26.0. The molecule has 2 heterocycles. The lowest BCUT2D eigenvalue weighted by atomic mass is 9.95. The quantitative estimate of drug-likeness (QED) is 0.129. The van der Waals surface area contributed by atoms with Crippen LogP contribution in [0.4, 0.5) is 0 Å². The molecule has 0 spiro atoms. The van der Waals surface area contributed by atoms with Crippen LogP contribution in [0.2, 0.25) is 0 Å². The van der Waals surface area contributed by atoms with Crippen molar-refractivity contribution in [1.82, 2.24) is 10.3 Å². The van der Waals surface area contributed by atoms with Gasteiger partial charge in [0.05, 0.1) is 11.8 Å². The number of allylic oxidation sites excluding steroid dienone is 1. The molecular formula is C32H46N2O9. The first kappa shape index (κ1) is 35.4. The summed E-state index contributed by atoms with van der Waals surface area (Å²) in [5, 5.41) is 2.49. The number of hydrogen-bond donors (Lipinski definition) is 1. The average molecular weight is 603 g/mol. The predicted molar refractivity (Wildman–Crippen MR) is 158 cm³/mol. The minimum atomic E-state index is -1.38. The number of hydrogen-bond acceptors (Lipinski definition) is 10. The molecule has 1 N–H and O–H groups in total. The fourth-order valence-corrected chi connectivity index (χ4v) is 4.57. The SMILES string of the molecule is C=CCCCCCCCCC(=O)Oc1c(C)ccnc1C(=O)NC1COC(=O)C(CC)C(OC(=O)C(C)C)C(C)OC1=O. The van der Waals surface area contributed by atoms with Crippen molar-refractivity contribution in [3.63, 3.8) is 0 Å². The van der Waals surface area contributed by atoms with E-state index in [1.807, 2.05) is 6.08 Å². The standard InChI is InChI=1S/C32H46N2O9/c1-7-9-10-11-12-13-14-15-16-25(35)42-27-21(5)17-18-33-26(27)29(36)34-24-19-40-31(38)23(8-2)28(22(6)41-32(24)39)43-30(37)20(3)4/h7,17-18,20,22-24,28H,1,8-16,19H2,2-6H3,(H,34,36). The molecule has 1 aliphatic rings. The van der Waals surface area contributed by atoms with Gasteiger partial charge in [-0.25, -0.2) is 9.78 Å². The van der Waals surface area contributed by atoms with Gasteiger partial charge in [0.25, 0.3) is 5.91 Å². The zero-order chi connectivity index (χ0) is 31.9. The Balaban J connectivity index is 2.08. The first-order valence-electron chi connectivity index (χ1n) is 15.2. The van der Waals surface area contributed by atoms with Crippen molar-refractivity contribution in [2.24, 2.45) is 11.8 Å². The molecular weight excluding hydrogens is 556 g/mol. The summed E-state index contributed by atoms with van der Waals surface area (Å²) in [4.78, 5) is 68.2. The molecule has 11 heteroatoms. The summed E-state index contributed by atoms with van der Waals surface area (Å²) < 4.78 is 22.0. The highest BCUT2D eigenvalue weighted by molar-refractivity contribution is 5.98. The summed E-state index contributed by atoms with van der Waals surface area (Å²) in [6, 6.07) is 0.220. The Morgan fingerprint density at radius 3 is 2.44 bits per heavy atom. The van der Waals surface area contributed by atoms with Gasteiger partial charge in [-0.1, -0.05) is 52.5 Å². The van der Waals surface area contributed by atoms with Gasteiger partial charge in [-0.15, -0.1) is 6.58 Å². The number of nitrogens with zero attached hydrogens (tertiary/aromatic N) is 1. The van der Waals surface area contributed by atoms with E-state index < -0.39 is 66.5 Å². The van der Waals surface area contributed by atoms with E-state index in [9.17, 15) is 24.0 Å². The van der Waals surface area contributed by atoms with E-state index in [2.05, 4.69) is 16.9 Å². The van der Waals surface area contributed by atoms with Crippen LogP contribution in [0.15, 0.2) is 24.9 Å². The van der Waals surface area contributed by atoms with E-state index in [1.54, 1.807) is 33.8 Å². The number of aryl methyl sites for hydroxylation is 1. The van der Waals surface area contributed by atoms with Gasteiger partial charge in [-0.3, -0.25) is 19.2 Å². The third-order valence-corrected chi connectivity index (χ3v) is 7.18. The number of ether oxygens (including phenoxy) is 4. The first-order valence-corrected chi connectivity index (χ1v) is 15.2. The van der Waals surface area contributed by atoms with E-state index in [4.69, 9.17) is 18.9 Å². The number of carbonyl (C=O) groups is 5. The molecule has 43 heavy (non-hydrogen) atoms. The van der Waals surface area contributed by atoms with Gasteiger partial charge in [-0.2, -0.15) is 0 Å². The summed E-state index contributed by atoms with van der Waals surface area (Å²) >= 11 is 0. The lowest BCUT2D eigenvalue weighted by Gasteiger charge is -2.29. The molecule has 1 aromatic rings. The van der Waals surface area contributed by atoms with Gasteiger partial charge in [0.1, 0.15) is 12.7 Å². The van der Waals surface area contributed by atoms with E-state index in [0.717, 1.165) is 38.5 Å². The molecule has 0 radical (unpaired) electrons. The van der Waals surface area contributed by atoms with Crippen LogP contribution in [0.5, 0.6) is 5.75 Å². The van der Waals surface area contributed by atoms with Crippen LogP contribution in [0.1, 0.15) is 102 Å². The maximum absolute atomic E-state index is 13.3. The van der Waals surface area contributed by atoms with Crippen LogP contribution < -0.4 is 10.1 Å². The smallest absolute Gasteiger partial charge is 0.332 e. The Kier molecular flexibility index (Phi) is 14.9. The summed E-state index contributed by atoms with van der Waals surface area (Å²) in [6.07, 6.45) is 8.61. The summed E-state index contributed by atoms with van der Waals surface area (Å²) in [5.74, 6) is -4.77. The van der Waals surface area contributed by atoms with Crippen molar-refractivity contribution in [3.05, 3.63) is 36.2 Å². The van der Waals surface area contributed by atoms with Crippen LogP contribution in [0.3, 0.4) is 0 Å². The Bertz CT molecular complexity index is 1130. The number of cyclic esters (lactones) is 2. The van der Waals surface area contributed by atoms with Crippen molar-refractivity contribution < 1.29 is 42.9 Å². The largest absolute Gasteiger partial charge is 0.463 e. The Morgan fingerprint density at radius 2 is 1.79 bits per heavy atom. The van der Waals surface area contributed by atoms with Crippen molar-refractivity contribution in [2.75, 3.05) is 6.61 Å². The maximum Gasteiger partial charge on any atom is 0.332 e. The number of aromatic nitrogens is 1. The van der Waals surface area contributed by atoms with Crippen LogP contribution in [-0.4, -0.2) is 59.6 Å². The topological polar surface area (TPSA) is 147 Å². The predicted octanol–water partition coefficient (Wildman–Crippen LogP) is 4.78. The second-order valence-electron chi connectivity index (χ2n) is 11.1. The zero-order valence-electron chi connectivity index (χ0n) is 26.0. The van der Waals surface area contributed by atoms with E-state index >= 15 is 0 Å². The van der Waals surface area contributed by atoms with Crippen LogP contribution in [0, 0.1) is 18.8 Å². The van der Waals surface area contributed by atoms with Crippen molar-refractivity contribution in [3.8, 4) is 5.75 Å². The molecule has 0 saturated carbocycles. The van der Waals surface area contributed by atoms with Gasteiger partial charge in [-0.05, 0) is 51.2 Å². The number of carbonyl (C=O) groups excluding carboxylic acids is 5. The number of esters is 4. The number of pyridine rings is 1. The maximum atomic E-state index is 13.3. The average Bonchev–Trinajstić information content (AvgIpc) is 3.00. The Morgan fingerprint density at radius 1 is 1.12 bits per heavy atom. The molecule has 238 valence electrons. The number of amides is 1. The van der Waals surface area contributed by atoms with Gasteiger partial charge >= 0.3 is 23.9 Å². The van der Waals surface area contributed by atoms with Gasteiger partial charge < -0.3 is 24.3 Å². The molecule has 4 unspecified atom stereocenters. The van der Waals surface area contributed by atoms with E-state index in [1.165, 1.54) is 13.1 Å². The Labute approximate surface area is 254 Å². The lowest BCUT2D eigenvalue weighted by molar-refractivity contribution is -0.176. The van der Waals surface area contributed by atoms with Crippen LogP contribution in [-0.2, 0) is 33.4 Å². The molecule has 1 saturated heterocycles. The summed E-state index contributed by atoms with van der Waals surface area (Å²) in [5.41, 5.74) is 0.311. The molecule has 2 rings (SSSR count). The molecule has 0 bridgehead atoms. The third kappa shape index (κ3) is 11.1. The minimum Gasteiger partial charge on any atom is -0.463 e. The Hall–Kier alpha value is -3.76. The van der Waals surface area contributed by atoms with Crippen LogP contribution in [0.25, 0.3) is 0 Å². The highest BCUT2D eigenvalue weighted by Gasteiger charge is 2.41. The summed E-state index contributed by atoms with van der Waals surface area (Å²) in [6.45, 7) is 11.4.